The third-order valence-corrected chi connectivity index (χ3v) is 6.11. The number of rotatable bonds is 3. The molecule has 0 saturated carbocycles. The second-order valence-corrected chi connectivity index (χ2v) is 8.36. The Balaban J connectivity index is 1.31. The van der Waals surface area contributed by atoms with Crippen LogP contribution in [-0.2, 0) is 16.8 Å². The molecule has 2 aliphatic heterocycles. The smallest absolute Gasteiger partial charge is 0.256 e. The summed E-state index contributed by atoms with van der Waals surface area (Å²) in [6.07, 6.45) is 10.7. The summed E-state index contributed by atoms with van der Waals surface area (Å²) >= 11 is 0. The maximum atomic E-state index is 13.1. The number of ether oxygens (including phenoxy) is 1. The van der Waals surface area contributed by atoms with E-state index >= 15 is 0 Å². The monoisotopic (exact) mass is 431 g/mol. The molecule has 0 N–H and O–H groups in total. The molecule has 5 heterocycles. The molecule has 2 aliphatic rings. The Morgan fingerprint density at radius 2 is 1.88 bits per heavy atom. The normalized spacial score (nSPS) is 17.1. The highest BCUT2D eigenvalue weighted by Crippen LogP contribution is 2.41. The first kappa shape index (κ1) is 20.4. The number of carbonyl (C=O) groups excluding carboxylic acids is 1. The zero-order valence-corrected chi connectivity index (χ0v) is 18.2. The molecule has 9 nitrogen and oxygen atoms in total. The van der Waals surface area contributed by atoms with Gasteiger partial charge in [-0.15, -0.1) is 0 Å². The van der Waals surface area contributed by atoms with E-state index in [0.29, 0.717) is 49.9 Å². The van der Waals surface area contributed by atoms with Crippen molar-refractivity contribution >= 4 is 11.9 Å². The molecule has 0 atom stereocenters. The van der Waals surface area contributed by atoms with Crippen molar-refractivity contribution in [3.8, 4) is 11.4 Å². The number of hydrogen-bond acceptors (Lipinski definition) is 8. The van der Waals surface area contributed by atoms with Crippen LogP contribution in [-0.4, -0.2) is 69.5 Å². The Bertz CT molecular complexity index is 1110. The minimum atomic E-state index is -0.460. The zero-order chi connectivity index (χ0) is 22.1. The first-order valence-electron chi connectivity index (χ1n) is 10.8. The minimum Gasteiger partial charge on any atom is -0.368 e. The van der Waals surface area contributed by atoms with Crippen LogP contribution in [0.2, 0.25) is 0 Å². The summed E-state index contributed by atoms with van der Waals surface area (Å²) in [5.74, 6) is 1.17. The lowest BCUT2D eigenvalue weighted by molar-refractivity contribution is -0.0967. The average Bonchev–Trinajstić information content (AvgIpc) is 2.85. The molecule has 3 aromatic rings. The summed E-state index contributed by atoms with van der Waals surface area (Å²) in [5, 5.41) is 0. The number of likely N-dealkylation sites (tertiary alicyclic amines) is 1. The van der Waals surface area contributed by atoms with Crippen molar-refractivity contribution in [1.29, 1.82) is 0 Å². The van der Waals surface area contributed by atoms with E-state index in [9.17, 15) is 4.79 Å². The van der Waals surface area contributed by atoms with E-state index in [4.69, 9.17) is 9.72 Å². The predicted octanol–water partition coefficient (Wildman–Crippen LogP) is 2.10. The fourth-order valence-electron chi connectivity index (χ4n) is 4.33. The second kappa shape index (κ2) is 8.23. The van der Waals surface area contributed by atoms with Crippen molar-refractivity contribution in [3.63, 3.8) is 0 Å². The molecule has 0 aliphatic carbocycles. The Kier molecular flexibility index (Phi) is 5.26. The lowest BCUT2D eigenvalue weighted by Crippen LogP contribution is -2.49. The van der Waals surface area contributed by atoms with Crippen LogP contribution in [0.4, 0.5) is 5.95 Å². The number of pyridine rings is 1. The van der Waals surface area contributed by atoms with Crippen LogP contribution >= 0.6 is 0 Å². The molecule has 9 heteroatoms. The molecule has 0 bridgehead atoms. The largest absolute Gasteiger partial charge is 0.368 e. The van der Waals surface area contributed by atoms with Crippen molar-refractivity contribution in [3.05, 3.63) is 59.9 Å². The molecule has 0 unspecified atom stereocenters. The van der Waals surface area contributed by atoms with Gasteiger partial charge in [0.05, 0.1) is 17.9 Å². The topological polar surface area (TPSA) is 97.2 Å². The summed E-state index contributed by atoms with van der Waals surface area (Å²) in [4.78, 5) is 38.9. The molecule has 3 aromatic heterocycles. The van der Waals surface area contributed by atoms with E-state index in [-0.39, 0.29) is 5.91 Å². The van der Waals surface area contributed by atoms with Gasteiger partial charge in [-0.05, 0) is 37.0 Å². The van der Waals surface area contributed by atoms with Gasteiger partial charge in [0.15, 0.2) is 5.82 Å². The van der Waals surface area contributed by atoms with Crippen LogP contribution in [0.5, 0.6) is 0 Å². The third kappa shape index (κ3) is 3.69. The highest BCUT2D eigenvalue weighted by molar-refractivity contribution is 5.93. The molecular formula is C23H25N7O2. The number of nitrogens with zero attached hydrogens (tertiary/aromatic N) is 7. The van der Waals surface area contributed by atoms with E-state index in [1.54, 1.807) is 24.8 Å². The number of aromatic nitrogens is 5. The Morgan fingerprint density at radius 1 is 1.09 bits per heavy atom. The summed E-state index contributed by atoms with van der Waals surface area (Å²) < 4.78 is 6.29. The van der Waals surface area contributed by atoms with E-state index in [1.807, 2.05) is 42.2 Å². The summed E-state index contributed by atoms with van der Waals surface area (Å²) in [5.41, 5.74) is 2.95. The Hall–Kier alpha value is -3.46. The van der Waals surface area contributed by atoms with Crippen molar-refractivity contribution in [2.75, 3.05) is 38.7 Å². The summed E-state index contributed by atoms with van der Waals surface area (Å²) in [6, 6.07) is 3.72. The van der Waals surface area contributed by atoms with Gasteiger partial charge in [0.25, 0.3) is 5.91 Å². The fraction of sp³-hybridized carbons (Fsp3) is 0.391. The third-order valence-electron chi connectivity index (χ3n) is 6.11. The SMILES string of the molecule is CN(C)c1ncc2c(n1)C1(CCN(C(=O)c3cnc(-c4cccnc4)nc3)CC1)OCC2. The first-order chi connectivity index (χ1) is 15.6. The zero-order valence-electron chi connectivity index (χ0n) is 18.2. The second-order valence-electron chi connectivity index (χ2n) is 8.36. The lowest BCUT2D eigenvalue weighted by atomic mass is 9.83. The van der Waals surface area contributed by atoms with Gasteiger partial charge in [-0.2, -0.15) is 0 Å². The highest BCUT2D eigenvalue weighted by atomic mass is 16.5. The van der Waals surface area contributed by atoms with Crippen LogP contribution < -0.4 is 4.90 Å². The highest BCUT2D eigenvalue weighted by Gasteiger charge is 2.43. The molecule has 164 valence electrons. The van der Waals surface area contributed by atoms with Crippen LogP contribution in [0.25, 0.3) is 11.4 Å². The number of amides is 1. The van der Waals surface area contributed by atoms with Crippen LogP contribution in [0, 0.1) is 0 Å². The first-order valence-corrected chi connectivity index (χ1v) is 10.8. The maximum absolute atomic E-state index is 13.1. The van der Waals surface area contributed by atoms with Gasteiger partial charge in [0.2, 0.25) is 5.95 Å². The van der Waals surface area contributed by atoms with E-state index in [2.05, 4.69) is 19.9 Å². The molecule has 1 saturated heterocycles. The Morgan fingerprint density at radius 3 is 2.56 bits per heavy atom. The maximum Gasteiger partial charge on any atom is 0.256 e. The molecule has 0 radical (unpaired) electrons. The molecule has 1 spiro atoms. The van der Waals surface area contributed by atoms with Gasteiger partial charge in [-0.25, -0.2) is 19.9 Å². The van der Waals surface area contributed by atoms with Crippen molar-refractivity contribution in [2.45, 2.75) is 24.9 Å². The van der Waals surface area contributed by atoms with Crippen LogP contribution in [0.1, 0.15) is 34.5 Å². The minimum absolute atomic E-state index is 0.0645. The molecule has 1 amide bonds. The Labute approximate surface area is 186 Å². The average molecular weight is 432 g/mol. The van der Waals surface area contributed by atoms with Gasteiger partial charge in [-0.3, -0.25) is 9.78 Å². The van der Waals surface area contributed by atoms with E-state index in [0.717, 1.165) is 23.2 Å². The quantitative estimate of drug-likeness (QED) is 0.622. The van der Waals surface area contributed by atoms with Crippen LogP contribution in [0.15, 0.2) is 43.1 Å². The lowest BCUT2D eigenvalue weighted by Gasteiger charge is -2.44. The summed E-state index contributed by atoms with van der Waals surface area (Å²) in [7, 11) is 3.86. The molecular weight excluding hydrogens is 406 g/mol. The van der Waals surface area contributed by atoms with Gasteiger partial charge in [0, 0.05) is 63.7 Å². The fourth-order valence-corrected chi connectivity index (χ4v) is 4.33. The number of piperidine rings is 1. The molecule has 1 fully saturated rings. The van der Waals surface area contributed by atoms with Crippen molar-refractivity contribution < 1.29 is 9.53 Å². The molecule has 0 aromatic carbocycles. The molecule has 32 heavy (non-hydrogen) atoms. The van der Waals surface area contributed by atoms with Crippen LogP contribution in [0.3, 0.4) is 0 Å². The van der Waals surface area contributed by atoms with Gasteiger partial charge in [-0.1, -0.05) is 0 Å². The van der Waals surface area contributed by atoms with Gasteiger partial charge < -0.3 is 14.5 Å². The van der Waals surface area contributed by atoms with Crippen molar-refractivity contribution in [1.82, 2.24) is 29.8 Å². The van der Waals surface area contributed by atoms with Gasteiger partial charge in [0.1, 0.15) is 5.60 Å². The van der Waals surface area contributed by atoms with Crippen molar-refractivity contribution in [2.24, 2.45) is 0 Å². The molecule has 5 rings (SSSR count). The number of anilines is 1. The number of carbonyl (C=O) groups is 1. The number of fused-ring (bicyclic) bond motifs is 2. The predicted molar refractivity (Wildman–Crippen MR) is 118 cm³/mol. The summed E-state index contributed by atoms with van der Waals surface area (Å²) in [6.45, 7) is 1.82. The van der Waals surface area contributed by atoms with E-state index in [1.165, 1.54) is 0 Å². The standard InChI is InChI=1S/C23H25N7O2/c1-29(2)22-27-13-16-5-11-32-23(19(16)28-22)6-9-30(10-7-23)21(31)18-14-25-20(26-15-18)17-4-3-8-24-12-17/h3-4,8,12-15H,5-7,9-11H2,1-2H3. The van der Waals surface area contributed by atoms with Gasteiger partial charge >= 0.3 is 0 Å². The number of hydrogen-bond donors (Lipinski definition) is 0. The van der Waals surface area contributed by atoms with E-state index < -0.39 is 5.60 Å².